The lowest BCUT2D eigenvalue weighted by molar-refractivity contribution is 0.0913. The van der Waals surface area contributed by atoms with E-state index >= 15 is 0 Å². The summed E-state index contributed by atoms with van der Waals surface area (Å²) in [6.45, 7) is 1.02. The molecule has 1 heterocycles. The third kappa shape index (κ3) is 3.92. The predicted molar refractivity (Wildman–Crippen MR) is 103 cm³/mol. The van der Waals surface area contributed by atoms with Gasteiger partial charge >= 0.3 is 0 Å². The molecule has 0 bridgehead atoms. The molecule has 3 N–H and O–H groups in total. The van der Waals surface area contributed by atoms with Gasteiger partial charge in [-0.2, -0.15) is 0 Å². The molecule has 1 amide bonds. The van der Waals surface area contributed by atoms with Crippen LogP contribution in [-0.2, 0) is 0 Å². The van der Waals surface area contributed by atoms with Crippen molar-refractivity contribution < 1.29 is 4.79 Å². The molecular weight excluding hydrogens is 357 g/mol. The van der Waals surface area contributed by atoms with Gasteiger partial charge in [-0.05, 0) is 44.1 Å². The van der Waals surface area contributed by atoms with Crippen LogP contribution in [0.15, 0.2) is 42.5 Å². The van der Waals surface area contributed by atoms with Crippen molar-refractivity contribution in [3.8, 4) is 0 Å². The van der Waals surface area contributed by atoms with Crippen molar-refractivity contribution in [2.45, 2.75) is 24.9 Å². The molecule has 0 radical (unpaired) electrons. The number of nitrogen functional groups attached to an aromatic ring is 1. The number of anilines is 1. The number of nitrogens with one attached hydrogen (secondary N) is 1. The molecule has 3 rings (SSSR count). The van der Waals surface area contributed by atoms with Gasteiger partial charge in [0, 0.05) is 11.7 Å². The van der Waals surface area contributed by atoms with Gasteiger partial charge in [-0.1, -0.05) is 53.5 Å². The molecule has 2 atom stereocenters. The summed E-state index contributed by atoms with van der Waals surface area (Å²) in [5, 5.41) is 3.65. The smallest absolute Gasteiger partial charge is 0.254 e. The Morgan fingerprint density at radius 3 is 2.44 bits per heavy atom. The first-order valence-corrected chi connectivity index (χ1v) is 9.03. The number of nitrogens with zero attached hydrogens (tertiary/aromatic N) is 1. The van der Waals surface area contributed by atoms with E-state index < -0.39 is 0 Å². The minimum absolute atomic E-state index is 0.133. The summed E-state index contributed by atoms with van der Waals surface area (Å²) >= 11 is 12.4. The van der Waals surface area contributed by atoms with Crippen LogP contribution in [0, 0.1) is 0 Å². The molecule has 6 heteroatoms. The highest BCUT2D eigenvalue weighted by Gasteiger charge is 2.32. The summed E-state index contributed by atoms with van der Waals surface area (Å²) < 4.78 is 0. The number of hydrogen-bond donors (Lipinski definition) is 2. The highest BCUT2D eigenvalue weighted by molar-refractivity contribution is 6.40. The molecule has 2 unspecified atom stereocenters. The molecule has 2 aromatic carbocycles. The van der Waals surface area contributed by atoms with E-state index in [2.05, 4.69) is 17.3 Å². The lowest BCUT2D eigenvalue weighted by atomic mass is 9.97. The number of carbonyl (C=O) groups is 1. The standard InChI is InChI=1S/C19H21Cl2N3O/c1-24-9-5-8-16(24)18(12-6-3-2-4-7-12)23-19(25)17-14(20)10-13(22)11-15(17)21/h2-4,6-7,10-11,16,18H,5,8-9,22H2,1H3,(H,23,25). The second kappa shape index (κ2) is 7.65. The fraction of sp³-hybridized carbons (Fsp3) is 0.316. The van der Waals surface area contributed by atoms with E-state index in [1.54, 1.807) is 12.1 Å². The molecule has 0 saturated carbocycles. The number of likely N-dealkylation sites (tertiary alicyclic amines) is 1. The van der Waals surface area contributed by atoms with E-state index in [-0.39, 0.29) is 33.6 Å². The average molecular weight is 378 g/mol. The second-order valence-electron chi connectivity index (χ2n) is 6.41. The number of carbonyl (C=O) groups excluding carboxylic acids is 1. The largest absolute Gasteiger partial charge is 0.399 e. The molecule has 0 aliphatic carbocycles. The van der Waals surface area contributed by atoms with Crippen molar-refractivity contribution in [2.24, 2.45) is 0 Å². The molecule has 0 aromatic heterocycles. The molecule has 1 saturated heterocycles. The Bertz CT molecular complexity index is 744. The molecule has 1 aliphatic heterocycles. The minimum atomic E-state index is -0.288. The fourth-order valence-electron chi connectivity index (χ4n) is 3.44. The van der Waals surface area contributed by atoms with Crippen molar-refractivity contribution in [3.05, 3.63) is 63.6 Å². The van der Waals surface area contributed by atoms with Gasteiger partial charge in [0.05, 0.1) is 21.7 Å². The van der Waals surface area contributed by atoms with Crippen molar-refractivity contribution in [1.29, 1.82) is 0 Å². The molecule has 1 aliphatic rings. The first-order valence-electron chi connectivity index (χ1n) is 8.28. The Labute approximate surface area is 157 Å². The number of nitrogens with two attached hydrogens (primary N) is 1. The number of amides is 1. The topological polar surface area (TPSA) is 58.4 Å². The summed E-state index contributed by atoms with van der Waals surface area (Å²) in [5.41, 5.74) is 7.49. The van der Waals surface area contributed by atoms with Crippen LogP contribution in [0.4, 0.5) is 5.69 Å². The van der Waals surface area contributed by atoms with Gasteiger partial charge in [0.2, 0.25) is 0 Å². The van der Waals surface area contributed by atoms with Crippen molar-refractivity contribution in [1.82, 2.24) is 10.2 Å². The van der Waals surface area contributed by atoms with Crippen LogP contribution in [-0.4, -0.2) is 30.4 Å². The Hall–Kier alpha value is -1.75. The van der Waals surface area contributed by atoms with Gasteiger partial charge in [0.1, 0.15) is 0 Å². The maximum atomic E-state index is 12.9. The Morgan fingerprint density at radius 2 is 1.88 bits per heavy atom. The van der Waals surface area contributed by atoms with Crippen LogP contribution in [0.25, 0.3) is 0 Å². The molecule has 0 spiro atoms. The Balaban J connectivity index is 1.92. The van der Waals surface area contributed by atoms with Crippen LogP contribution in [0.3, 0.4) is 0 Å². The monoisotopic (exact) mass is 377 g/mol. The van der Waals surface area contributed by atoms with E-state index in [0.717, 1.165) is 24.9 Å². The summed E-state index contributed by atoms with van der Waals surface area (Å²) in [6.07, 6.45) is 2.14. The van der Waals surface area contributed by atoms with Crippen LogP contribution >= 0.6 is 23.2 Å². The number of rotatable bonds is 4. The summed E-state index contributed by atoms with van der Waals surface area (Å²) in [5.74, 6) is -0.288. The van der Waals surface area contributed by atoms with Crippen LogP contribution < -0.4 is 11.1 Å². The zero-order valence-electron chi connectivity index (χ0n) is 14.0. The second-order valence-corrected chi connectivity index (χ2v) is 7.23. The van der Waals surface area contributed by atoms with Gasteiger partial charge in [-0.25, -0.2) is 0 Å². The highest BCUT2D eigenvalue weighted by atomic mass is 35.5. The maximum absolute atomic E-state index is 12.9. The Kier molecular flexibility index (Phi) is 5.52. The van der Waals surface area contributed by atoms with Gasteiger partial charge < -0.3 is 16.0 Å². The van der Waals surface area contributed by atoms with Crippen LogP contribution in [0.5, 0.6) is 0 Å². The van der Waals surface area contributed by atoms with Crippen LogP contribution in [0.2, 0.25) is 10.0 Å². The Morgan fingerprint density at radius 1 is 1.24 bits per heavy atom. The molecule has 4 nitrogen and oxygen atoms in total. The SMILES string of the molecule is CN1CCCC1C(NC(=O)c1c(Cl)cc(N)cc1Cl)c1ccccc1. The van der Waals surface area contributed by atoms with Crippen molar-refractivity contribution in [3.63, 3.8) is 0 Å². The fourth-order valence-corrected chi connectivity index (χ4v) is 4.12. The number of hydrogen-bond acceptors (Lipinski definition) is 3. The lowest BCUT2D eigenvalue weighted by Gasteiger charge is -2.30. The molecular formula is C19H21Cl2N3O. The third-order valence-electron chi connectivity index (χ3n) is 4.70. The molecule has 1 fully saturated rings. The lowest BCUT2D eigenvalue weighted by Crippen LogP contribution is -2.41. The zero-order valence-corrected chi connectivity index (χ0v) is 15.5. The van der Waals surface area contributed by atoms with E-state index in [4.69, 9.17) is 28.9 Å². The zero-order chi connectivity index (χ0) is 18.0. The quantitative estimate of drug-likeness (QED) is 0.787. The van der Waals surface area contributed by atoms with E-state index in [1.807, 2.05) is 30.3 Å². The van der Waals surface area contributed by atoms with Crippen LogP contribution in [0.1, 0.15) is 34.8 Å². The minimum Gasteiger partial charge on any atom is -0.399 e. The number of benzene rings is 2. The molecule has 25 heavy (non-hydrogen) atoms. The molecule has 132 valence electrons. The average Bonchev–Trinajstić information content (AvgIpc) is 2.98. The first kappa shape index (κ1) is 18.1. The highest BCUT2D eigenvalue weighted by Crippen LogP contribution is 2.31. The van der Waals surface area contributed by atoms with E-state index in [1.165, 1.54) is 0 Å². The predicted octanol–water partition coefficient (Wildman–Crippen LogP) is 4.14. The van der Waals surface area contributed by atoms with Crippen molar-refractivity contribution >= 4 is 34.8 Å². The van der Waals surface area contributed by atoms with E-state index in [9.17, 15) is 4.79 Å². The van der Waals surface area contributed by atoms with Gasteiger partial charge in [0.25, 0.3) is 5.91 Å². The van der Waals surface area contributed by atoms with Gasteiger partial charge in [-0.15, -0.1) is 0 Å². The normalized spacial score (nSPS) is 18.9. The summed E-state index contributed by atoms with van der Waals surface area (Å²) in [4.78, 5) is 15.2. The number of halogens is 2. The van der Waals surface area contributed by atoms with Crippen molar-refractivity contribution in [2.75, 3.05) is 19.3 Å². The number of likely N-dealkylation sites (N-methyl/N-ethyl adjacent to an activating group) is 1. The summed E-state index contributed by atoms with van der Waals surface area (Å²) in [6, 6.07) is 13.2. The first-order chi connectivity index (χ1) is 12.0. The van der Waals surface area contributed by atoms with Gasteiger partial charge in [-0.3, -0.25) is 4.79 Å². The molecule has 2 aromatic rings. The third-order valence-corrected chi connectivity index (χ3v) is 5.29. The summed E-state index contributed by atoms with van der Waals surface area (Å²) in [7, 11) is 2.09. The maximum Gasteiger partial charge on any atom is 0.254 e. The van der Waals surface area contributed by atoms with E-state index in [0.29, 0.717) is 5.69 Å². The van der Waals surface area contributed by atoms with Gasteiger partial charge in [0.15, 0.2) is 0 Å².